The minimum Gasteiger partial charge on any atom is -0.461 e. The van der Waals surface area contributed by atoms with Crippen molar-refractivity contribution in [1.82, 2.24) is 9.88 Å². The van der Waals surface area contributed by atoms with Crippen molar-refractivity contribution in [3.63, 3.8) is 0 Å². The van der Waals surface area contributed by atoms with Gasteiger partial charge in [0.2, 0.25) is 0 Å². The predicted octanol–water partition coefficient (Wildman–Crippen LogP) is 3.61. The molecular formula is C21H21N3O2. The van der Waals surface area contributed by atoms with Crippen molar-refractivity contribution in [1.29, 1.82) is 0 Å². The van der Waals surface area contributed by atoms with Crippen LogP contribution in [0.5, 0.6) is 0 Å². The van der Waals surface area contributed by atoms with Crippen molar-refractivity contribution in [2.75, 3.05) is 31.1 Å². The lowest BCUT2D eigenvalue weighted by Crippen LogP contribution is -2.48. The number of benzene rings is 1. The number of rotatable bonds is 3. The maximum Gasteiger partial charge on any atom is 0.253 e. The van der Waals surface area contributed by atoms with Gasteiger partial charge in [-0.15, -0.1) is 0 Å². The number of hydrogen-bond acceptors (Lipinski definition) is 4. The Labute approximate surface area is 152 Å². The van der Waals surface area contributed by atoms with Crippen molar-refractivity contribution < 1.29 is 9.21 Å². The van der Waals surface area contributed by atoms with Gasteiger partial charge in [0.05, 0.1) is 0 Å². The maximum atomic E-state index is 12.8. The van der Waals surface area contributed by atoms with Gasteiger partial charge in [-0.05, 0) is 43.3 Å². The van der Waals surface area contributed by atoms with Crippen molar-refractivity contribution in [3.8, 4) is 11.3 Å². The summed E-state index contributed by atoms with van der Waals surface area (Å²) in [6.07, 6.45) is 3.60. The van der Waals surface area contributed by atoms with Crippen LogP contribution in [-0.2, 0) is 0 Å². The molecule has 1 aliphatic heterocycles. The Morgan fingerprint density at radius 3 is 2.23 bits per heavy atom. The average molecular weight is 347 g/mol. The second kappa shape index (κ2) is 7.04. The molecular weight excluding hydrogens is 326 g/mol. The van der Waals surface area contributed by atoms with Gasteiger partial charge in [-0.25, -0.2) is 0 Å². The highest BCUT2D eigenvalue weighted by Crippen LogP contribution is 2.23. The van der Waals surface area contributed by atoms with Crippen LogP contribution in [0.15, 0.2) is 65.3 Å². The zero-order valence-electron chi connectivity index (χ0n) is 14.8. The molecule has 0 spiro atoms. The molecule has 1 saturated heterocycles. The second-order valence-corrected chi connectivity index (χ2v) is 6.47. The van der Waals surface area contributed by atoms with Crippen LogP contribution in [0.4, 0.5) is 5.69 Å². The number of carbonyl (C=O) groups is 1. The van der Waals surface area contributed by atoms with E-state index in [1.54, 1.807) is 12.4 Å². The Kier molecular flexibility index (Phi) is 4.44. The molecule has 0 saturated carbocycles. The Morgan fingerprint density at radius 1 is 0.923 bits per heavy atom. The fourth-order valence-electron chi connectivity index (χ4n) is 3.27. The number of carbonyl (C=O) groups excluding carboxylic acids is 1. The molecule has 0 bridgehead atoms. The van der Waals surface area contributed by atoms with E-state index in [0.29, 0.717) is 0 Å². The average Bonchev–Trinajstić information content (AvgIpc) is 3.15. The molecule has 1 amide bonds. The SMILES string of the molecule is Cc1ccc(-c2ccc(C(=O)N3CCN(c4ccncc4)CC3)cc2)o1. The smallest absolute Gasteiger partial charge is 0.253 e. The van der Waals surface area contributed by atoms with Crippen LogP contribution >= 0.6 is 0 Å². The minimum atomic E-state index is 0.0848. The van der Waals surface area contributed by atoms with Crippen molar-refractivity contribution in [2.45, 2.75) is 6.92 Å². The Hall–Kier alpha value is -3.08. The molecule has 0 atom stereocenters. The van der Waals surface area contributed by atoms with E-state index in [1.165, 1.54) is 0 Å². The first-order valence-electron chi connectivity index (χ1n) is 8.82. The summed E-state index contributed by atoms with van der Waals surface area (Å²) in [7, 11) is 0. The second-order valence-electron chi connectivity index (χ2n) is 6.47. The number of pyridine rings is 1. The molecule has 0 N–H and O–H groups in total. The fraction of sp³-hybridized carbons (Fsp3) is 0.238. The van der Waals surface area contributed by atoms with Crippen molar-refractivity contribution >= 4 is 11.6 Å². The first-order chi connectivity index (χ1) is 12.7. The molecule has 5 heteroatoms. The third kappa shape index (κ3) is 3.33. The van der Waals surface area contributed by atoms with Crippen molar-refractivity contribution in [2.24, 2.45) is 0 Å². The first kappa shape index (κ1) is 16.4. The first-order valence-corrected chi connectivity index (χ1v) is 8.82. The van der Waals surface area contributed by atoms with Gasteiger partial charge in [0.1, 0.15) is 11.5 Å². The van der Waals surface area contributed by atoms with E-state index in [-0.39, 0.29) is 5.91 Å². The fourth-order valence-corrected chi connectivity index (χ4v) is 3.27. The summed E-state index contributed by atoms with van der Waals surface area (Å²) in [6, 6.07) is 15.5. The number of piperazine rings is 1. The van der Waals surface area contributed by atoms with E-state index in [1.807, 2.05) is 60.4 Å². The zero-order chi connectivity index (χ0) is 17.9. The number of nitrogens with zero attached hydrogens (tertiary/aromatic N) is 3. The summed E-state index contributed by atoms with van der Waals surface area (Å²) < 4.78 is 5.63. The largest absolute Gasteiger partial charge is 0.461 e. The number of furan rings is 1. The normalized spacial score (nSPS) is 14.5. The molecule has 0 radical (unpaired) electrons. The van der Waals surface area contributed by atoms with Crippen LogP contribution in [0.2, 0.25) is 0 Å². The van der Waals surface area contributed by atoms with E-state index in [2.05, 4.69) is 9.88 Å². The van der Waals surface area contributed by atoms with Crippen LogP contribution in [0.1, 0.15) is 16.1 Å². The molecule has 3 aromatic rings. The van der Waals surface area contributed by atoms with Gasteiger partial charge in [-0.3, -0.25) is 9.78 Å². The molecule has 5 nitrogen and oxygen atoms in total. The van der Waals surface area contributed by atoms with Gasteiger partial charge in [0, 0.05) is 55.4 Å². The van der Waals surface area contributed by atoms with Gasteiger partial charge >= 0.3 is 0 Å². The molecule has 2 aromatic heterocycles. The number of aromatic nitrogens is 1. The van der Waals surface area contributed by atoms with E-state index in [9.17, 15) is 4.79 Å². The van der Waals surface area contributed by atoms with Crippen LogP contribution < -0.4 is 4.90 Å². The third-order valence-corrected chi connectivity index (χ3v) is 4.75. The van der Waals surface area contributed by atoms with E-state index in [4.69, 9.17) is 4.42 Å². The van der Waals surface area contributed by atoms with Crippen LogP contribution in [0, 0.1) is 6.92 Å². The quantitative estimate of drug-likeness (QED) is 0.726. The molecule has 132 valence electrons. The molecule has 1 fully saturated rings. The maximum absolute atomic E-state index is 12.8. The lowest BCUT2D eigenvalue weighted by molar-refractivity contribution is 0.0747. The highest BCUT2D eigenvalue weighted by molar-refractivity contribution is 5.94. The molecule has 3 heterocycles. The van der Waals surface area contributed by atoms with Gasteiger partial charge < -0.3 is 14.2 Å². The lowest BCUT2D eigenvalue weighted by Gasteiger charge is -2.36. The summed E-state index contributed by atoms with van der Waals surface area (Å²) in [5.41, 5.74) is 2.86. The highest BCUT2D eigenvalue weighted by atomic mass is 16.3. The van der Waals surface area contributed by atoms with Crippen LogP contribution in [-0.4, -0.2) is 42.0 Å². The van der Waals surface area contributed by atoms with Crippen molar-refractivity contribution in [3.05, 3.63) is 72.2 Å². The number of amides is 1. The van der Waals surface area contributed by atoms with Gasteiger partial charge in [-0.1, -0.05) is 12.1 Å². The van der Waals surface area contributed by atoms with E-state index >= 15 is 0 Å². The summed E-state index contributed by atoms with van der Waals surface area (Å²) >= 11 is 0. The molecule has 1 aromatic carbocycles. The summed E-state index contributed by atoms with van der Waals surface area (Å²) in [6.45, 7) is 5.03. The van der Waals surface area contributed by atoms with Gasteiger partial charge in [0.25, 0.3) is 5.91 Å². The Bertz CT molecular complexity index is 879. The molecule has 0 aliphatic carbocycles. The molecule has 4 rings (SSSR count). The number of aryl methyl sites for hydroxylation is 1. The minimum absolute atomic E-state index is 0.0848. The van der Waals surface area contributed by atoms with Gasteiger partial charge in [0.15, 0.2) is 0 Å². The lowest BCUT2D eigenvalue weighted by atomic mass is 10.1. The number of anilines is 1. The van der Waals surface area contributed by atoms with E-state index in [0.717, 1.165) is 54.5 Å². The standard InChI is InChI=1S/C21H21N3O2/c1-16-2-7-20(26-16)17-3-5-18(6-4-17)21(25)24-14-12-23(13-15-24)19-8-10-22-11-9-19/h2-11H,12-15H2,1H3. The van der Waals surface area contributed by atoms with Crippen LogP contribution in [0.3, 0.4) is 0 Å². The number of hydrogen-bond donors (Lipinski definition) is 0. The summed E-state index contributed by atoms with van der Waals surface area (Å²) in [5.74, 6) is 1.79. The summed E-state index contributed by atoms with van der Waals surface area (Å²) in [4.78, 5) is 21.0. The zero-order valence-corrected chi connectivity index (χ0v) is 14.8. The topological polar surface area (TPSA) is 49.6 Å². The van der Waals surface area contributed by atoms with E-state index < -0.39 is 0 Å². The Morgan fingerprint density at radius 2 is 1.62 bits per heavy atom. The summed E-state index contributed by atoms with van der Waals surface area (Å²) in [5, 5.41) is 0. The molecule has 0 unspecified atom stereocenters. The third-order valence-electron chi connectivity index (χ3n) is 4.75. The van der Waals surface area contributed by atoms with Crippen LogP contribution in [0.25, 0.3) is 11.3 Å². The predicted molar refractivity (Wildman–Crippen MR) is 101 cm³/mol. The van der Waals surface area contributed by atoms with Gasteiger partial charge in [-0.2, -0.15) is 0 Å². The molecule has 26 heavy (non-hydrogen) atoms. The monoisotopic (exact) mass is 347 g/mol. The molecule has 1 aliphatic rings. The highest BCUT2D eigenvalue weighted by Gasteiger charge is 2.22. The Balaban J connectivity index is 1.40.